The van der Waals surface area contributed by atoms with E-state index < -0.39 is 5.97 Å². The van der Waals surface area contributed by atoms with Crippen LogP contribution in [0.25, 0.3) is 0 Å². The molecule has 0 bridgehead atoms. The Kier molecular flexibility index (Phi) is 4.49. The molecule has 1 atom stereocenters. The predicted octanol–water partition coefficient (Wildman–Crippen LogP) is 2.77. The van der Waals surface area contributed by atoms with Crippen LogP contribution in [0.1, 0.15) is 15.2 Å². The first-order valence-corrected chi connectivity index (χ1v) is 8.02. The smallest absolute Gasteiger partial charge is 0.349 e. The molecule has 1 unspecified atom stereocenters. The van der Waals surface area contributed by atoms with Gasteiger partial charge in [0.05, 0.1) is 19.2 Å². The van der Waals surface area contributed by atoms with Crippen LogP contribution in [0.3, 0.4) is 0 Å². The predicted molar refractivity (Wildman–Crippen MR) is 86.2 cm³/mol. The Morgan fingerprint density at radius 2 is 2.30 bits per heavy atom. The van der Waals surface area contributed by atoms with Gasteiger partial charge < -0.3 is 14.8 Å². The van der Waals surface area contributed by atoms with Crippen molar-refractivity contribution in [2.45, 2.75) is 6.42 Å². The van der Waals surface area contributed by atoms with E-state index in [1.807, 2.05) is 0 Å². The Morgan fingerprint density at radius 3 is 3.09 bits per heavy atom. The first-order chi connectivity index (χ1) is 11.1. The van der Waals surface area contributed by atoms with E-state index in [1.165, 1.54) is 13.3 Å². The topological polar surface area (TPSA) is 77.5 Å². The molecule has 0 saturated carbocycles. The number of nitrogens with zero attached hydrogens (tertiary/aromatic N) is 1. The number of aromatic nitrogens is 1. The van der Waals surface area contributed by atoms with Gasteiger partial charge in [0, 0.05) is 5.02 Å². The number of halogens is 1. The quantitative estimate of drug-likeness (QED) is 0.859. The summed E-state index contributed by atoms with van der Waals surface area (Å²) in [4.78, 5) is 28.1. The number of methoxy groups -OCH3 is 1. The maximum Gasteiger partial charge on any atom is 0.349 e. The number of fused-ring (bicyclic) bond motifs is 1. The number of nitrogens with one attached hydrogen (secondary N) is 1. The SMILES string of the molecule is COC(=O)c1cnc(NC(=O)C2COc3ccc(Cl)cc3C2)s1. The van der Waals surface area contributed by atoms with Gasteiger partial charge in [0.1, 0.15) is 17.2 Å². The number of thiazole rings is 1. The molecule has 1 aromatic carbocycles. The second-order valence-electron chi connectivity index (χ2n) is 4.97. The lowest BCUT2D eigenvalue weighted by Crippen LogP contribution is -2.32. The first kappa shape index (κ1) is 15.8. The molecule has 0 saturated heterocycles. The van der Waals surface area contributed by atoms with Crippen molar-refractivity contribution in [1.82, 2.24) is 4.98 Å². The van der Waals surface area contributed by atoms with Crippen molar-refractivity contribution in [1.29, 1.82) is 0 Å². The van der Waals surface area contributed by atoms with Crippen molar-refractivity contribution in [2.75, 3.05) is 19.0 Å². The Balaban J connectivity index is 1.67. The lowest BCUT2D eigenvalue weighted by atomic mass is 9.96. The molecule has 0 aliphatic carbocycles. The molecular formula is C15H13ClN2O4S. The highest BCUT2D eigenvalue weighted by Crippen LogP contribution is 2.30. The zero-order valence-corrected chi connectivity index (χ0v) is 13.7. The van der Waals surface area contributed by atoms with Crippen LogP contribution in [0, 0.1) is 5.92 Å². The highest BCUT2D eigenvalue weighted by Gasteiger charge is 2.27. The summed E-state index contributed by atoms with van der Waals surface area (Å²) in [5.74, 6) is -0.277. The minimum Gasteiger partial charge on any atom is -0.492 e. The van der Waals surface area contributed by atoms with Gasteiger partial charge in [-0.2, -0.15) is 0 Å². The summed E-state index contributed by atoms with van der Waals surface area (Å²) >= 11 is 7.04. The maximum atomic E-state index is 12.3. The van der Waals surface area contributed by atoms with Crippen LogP contribution in [0.5, 0.6) is 5.75 Å². The average Bonchev–Trinajstić information content (AvgIpc) is 3.01. The Morgan fingerprint density at radius 1 is 1.48 bits per heavy atom. The lowest BCUT2D eigenvalue weighted by molar-refractivity contribution is -0.121. The molecule has 1 amide bonds. The minimum absolute atomic E-state index is 0.207. The van der Waals surface area contributed by atoms with Crippen molar-refractivity contribution in [3.8, 4) is 5.75 Å². The van der Waals surface area contributed by atoms with E-state index in [4.69, 9.17) is 16.3 Å². The Bertz CT molecular complexity index is 762. The number of benzene rings is 1. The van der Waals surface area contributed by atoms with Crippen molar-refractivity contribution in [3.63, 3.8) is 0 Å². The first-order valence-electron chi connectivity index (χ1n) is 6.83. The molecule has 0 radical (unpaired) electrons. The normalized spacial score (nSPS) is 16.2. The van der Waals surface area contributed by atoms with E-state index in [-0.39, 0.29) is 18.4 Å². The molecule has 0 fully saturated rings. The summed E-state index contributed by atoms with van der Waals surface area (Å²) < 4.78 is 10.2. The number of esters is 1. The van der Waals surface area contributed by atoms with Crippen LogP contribution in [0.2, 0.25) is 5.02 Å². The summed E-state index contributed by atoms with van der Waals surface area (Å²) in [6.07, 6.45) is 1.91. The van der Waals surface area contributed by atoms with Crippen LogP contribution in [0.15, 0.2) is 24.4 Å². The summed E-state index contributed by atoms with van der Waals surface area (Å²) in [5.41, 5.74) is 0.901. The van der Waals surface area contributed by atoms with Gasteiger partial charge in [-0.3, -0.25) is 4.79 Å². The maximum absolute atomic E-state index is 12.3. The van der Waals surface area contributed by atoms with Crippen LogP contribution >= 0.6 is 22.9 Å². The zero-order valence-electron chi connectivity index (χ0n) is 12.2. The lowest BCUT2D eigenvalue weighted by Gasteiger charge is -2.24. The number of amides is 1. The molecule has 1 aliphatic rings. The van der Waals surface area contributed by atoms with Crippen molar-refractivity contribution < 1.29 is 19.1 Å². The molecule has 2 aromatic rings. The van der Waals surface area contributed by atoms with E-state index in [9.17, 15) is 9.59 Å². The fourth-order valence-corrected chi connectivity index (χ4v) is 3.20. The Labute approximate surface area is 141 Å². The van der Waals surface area contributed by atoms with E-state index in [1.54, 1.807) is 18.2 Å². The standard InChI is InChI=1S/C15H13ClN2O4S/c1-21-14(20)12-6-17-15(23-12)18-13(19)9-4-8-5-10(16)2-3-11(8)22-7-9/h2-3,5-6,9H,4,7H2,1H3,(H,17,18,19). The fourth-order valence-electron chi connectivity index (χ4n) is 2.27. The van der Waals surface area contributed by atoms with Crippen molar-refractivity contribution in [2.24, 2.45) is 5.92 Å². The van der Waals surface area contributed by atoms with Crippen LogP contribution < -0.4 is 10.1 Å². The minimum atomic E-state index is -0.479. The van der Waals surface area contributed by atoms with E-state index in [0.29, 0.717) is 21.5 Å². The number of carbonyl (C=O) groups excluding carboxylic acids is 2. The number of rotatable bonds is 3. The van der Waals surface area contributed by atoms with E-state index in [2.05, 4.69) is 15.0 Å². The average molecular weight is 353 g/mol. The summed E-state index contributed by atoms with van der Waals surface area (Å²) in [7, 11) is 1.29. The molecule has 23 heavy (non-hydrogen) atoms. The number of hydrogen-bond acceptors (Lipinski definition) is 6. The van der Waals surface area contributed by atoms with Gasteiger partial charge in [0.2, 0.25) is 5.91 Å². The van der Waals surface area contributed by atoms with Crippen molar-refractivity contribution >= 4 is 39.9 Å². The third-order valence-electron chi connectivity index (χ3n) is 3.42. The largest absolute Gasteiger partial charge is 0.492 e. The molecule has 1 aromatic heterocycles. The van der Waals surface area contributed by atoms with E-state index >= 15 is 0 Å². The van der Waals surface area contributed by atoms with Crippen molar-refractivity contribution in [3.05, 3.63) is 39.9 Å². The third-order valence-corrected chi connectivity index (χ3v) is 4.55. The highest BCUT2D eigenvalue weighted by atomic mass is 35.5. The van der Waals surface area contributed by atoms with Gasteiger partial charge in [-0.1, -0.05) is 22.9 Å². The van der Waals surface area contributed by atoms with Gasteiger partial charge >= 0.3 is 5.97 Å². The number of anilines is 1. The molecule has 6 nitrogen and oxygen atoms in total. The monoisotopic (exact) mass is 352 g/mol. The second kappa shape index (κ2) is 6.55. The second-order valence-corrected chi connectivity index (χ2v) is 6.44. The highest BCUT2D eigenvalue weighted by molar-refractivity contribution is 7.17. The molecule has 0 spiro atoms. The zero-order chi connectivity index (χ0) is 16.4. The van der Waals surface area contributed by atoms with Gasteiger partial charge in [0.15, 0.2) is 5.13 Å². The third kappa shape index (κ3) is 3.46. The van der Waals surface area contributed by atoms with Crippen LogP contribution in [0.4, 0.5) is 5.13 Å². The van der Waals surface area contributed by atoms with Crippen LogP contribution in [-0.2, 0) is 16.0 Å². The summed E-state index contributed by atoms with van der Waals surface area (Å²) in [6.45, 7) is 0.287. The molecule has 120 valence electrons. The molecule has 8 heteroatoms. The number of hydrogen-bond donors (Lipinski definition) is 1. The molecular weight excluding hydrogens is 340 g/mol. The molecule has 3 rings (SSSR count). The summed E-state index contributed by atoms with van der Waals surface area (Å²) in [6, 6.07) is 5.36. The Hall–Kier alpha value is -2.12. The summed E-state index contributed by atoms with van der Waals surface area (Å²) in [5, 5.41) is 3.67. The van der Waals surface area contributed by atoms with Crippen LogP contribution in [-0.4, -0.2) is 30.6 Å². The van der Waals surface area contributed by atoms with Gasteiger partial charge in [-0.15, -0.1) is 0 Å². The van der Waals surface area contributed by atoms with Gasteiger partial charge in [-0.05, 0) is 30.2 Å². The van der Waals surface area contributed by atoms with E-state index in [0.717, 1.165) is 22.6 Å². The molecule has 1 aliphatic heterocycles. The molecule has 2 heterocycles. The fraction of sp³-hybridized carbons (Fsp3) is 0.267. The number of ether oxygens (including phenoxy) is 2. The molecule has 1 N–H and O–H groups in total. The van der Waals surface area contributed by atoms with Gasteiger partial charge in [0.25, 0.3) is 0 Å². The van der Waals surface area contributed by atoms with Gasteiger partial charge in [-0.25, -0.2) is 9.78 Å². The number of carbonyl (C=O) groups is 2.